The number of hydrogen-bond donors (Lipinski definition) is 1. The van der Waals surface area contributed by atoms with E-state index in [1.807, 2.05) is 24.3 Å². The molecule has 0 bridgehead atoms. The van der Waals surface area contributed by atoms with E-state index in [0.717, 1.165) is 17.7 Å². The first kappa shape index (κ1) is 21.6. The summed E-state index contributed by atoms with van der Waals surface area (Å²) >= 11 is 1.18. The molecule has 2 aromatic carbocycles. The zero-order valence-electron chi connectivity index (χ0n) is 17.6. The lowest BCUT2D eigenvalue weighted by Gasteiger charge is -2.19. The summed E-state index contributed by atoms with van der Waals surface area (Å²) in [5.41, 5.74) is 2.14. The van der Waals surface area contributed by atoms with Gasteiger partial charge in [0.15, 0.2) is 0 Å². The van der Waals surface area contributed by atoms with Crippen LogP contribution in [0.5, 0.6) is 0 Å². The van der Waals surface area contributed by atoms with E-state index in [4.69, 9.17) is 0 Å². The molecule has 2 heterocycles. The second-order valence-electron chi connectivity index (χ2n) is 7.52. The van der Waals surface area contributed by atoms with Gasteiger partial charge in [-0.2, -0.15) is 0 Å². The number of benzene rings is 2. The maximum atomic E-state index is 12.7. The highest BCUT2D eigenvalue weighted by Crippen LogP contribution is 2.36. The van der Waals surface area contributed by atoms with Gasteiger partial charge in [0.1, 0.15) is 10.6 Å². The first-order chi connectivity index (χ1) is 15.4. The van der Waals surface area contributed by atoms with Crippen molar-refractivity contribution in [2.75, 3.05) is 16.8 Å². The lowest BCUT2D eigenvalue weighted by Crippen LogP contribution is -2.25. The number of hydrogen-bond acceptors (Lipinski definition) is 7. The van der Waals surface area contributed by atoms with E-state index in [2.05, 4.69) is 22.4 Å². The second-order valence-corrected chi connectivity index (χ2v) is 8.52. The molecule has 10 heteroatoms. The zero-order valence-corrected chi connectivity index (χ0v) is 18.4. The molecule has 1 unspecified atom stereocenters. The molecule has 0 aliphatic carbocycles. The Bertz CT molecular complexity index is 1210. The molecule has 3 aromatic rings. The maximum Gasteiger partial charge on any atom is 0.285 e. The number of nitro groups is 1. The quantitative estimate of drug-likeness (QED) is 0.445. The van der Waals surface area contributed by atoms with E-state index in [1.165, 1.54) is 17.4 Å². The highest BCUT2D eigenvalue weighted by molar-refractivity contribution is 7.15. The van der Waals surface area contributed by atoms with E-state index in [-0.39, 0.29) is 28.2 Å². The average Bonchev–Trinajstić information content (AvgIpc) is 3.39. The SMILES string of the molecule is CCc1ccccc1N1CC(c2nnc(NC(=O)c3cccc(C)c3[N+](=O)[O-])s2)CC1=O. The number of rotatable bonds is 6. The van der Waals surface area contributed by atoms with Crippen LogP contribution in [-0.2, 0) is 11.2 Å². The number of para-hydroxylation sites is 2. The molecule has 1 fully saturated rings. The molecule has 1 saturated heterocycles. The number of anilines is 2. The number of nitrogens with zero attached hydrogens (tertiary/aromatic N) is 4. The van der Waals surface area contributed by atoms with Crippen molar-refractivity contribution < 1.29 is 14.5 Å². The van der Waals surface area contributed by atoms with Gasteiger partial charge in [-0.3, -0.25) is 25.0 Å². The van der Waals surface area contributed by atoms with Gasteiger partial charge in [0.05, 0.1) is 4.92 Å². The Morgan fingerprint density at radius 3 is 2.78 bits per heavy atom. The minimum absolute atomic E-state index is 0.0204. The number of amides is 2. The number of carbonyl (C=O) groups excluding carboxylic acids is 2. The molecule has 0 spiro atoms. The molecule has 164 valence electrons. The Balaban J connectivity index is 1.50. The van der Waals surface area contributed by atoms with Crippen LogP contribution < -0.4 is 10.2 Å². The number of nitro benzene ring substituents is 1. The number of aryl methyl sites for hydroxylation is 2. The van der Waals surface area contributed by atoms with Gasteiger partial charge < -0.3 is 4.90 Å². The van der Waals surface area contributed by atoms with Crippen LogP contribution in [0.4, 0.5) is 16.5 Å². The summed E-state index contributed by atoms with van der Waals surface area (Å²) in [4.78, 5) is 37.9. The molecular weight excluding hydrogens is 430 g/mol. The van der Waals surface area contributed by atoms with Crippen LogP contribution in [0.1, 0.15) is 45.8 Å². The van der Waals surface area contributed by atoms with Crippen LogP contribution in [-0.4, -0.2) is 33.5 Å². The third-order valence-corrected chi connectivity index (χ3v) is 6.46. The number of aromatic nitrogens is 2. The van der Waals surface area contributed by atoms with Crippen molar-refractivity contribution in [3.8, 4) is 0 Å². The summed E-state index contributed by atoms with van der Waals surface area (Å²) in [6.07, 6.45) is 1.13. The molecule has 1 aliphatic rings. The first-order valence-corrected chi connectivity index (χ1v) is 11.0. The largest absolute Gasteiger partial charge is 0.311 e. The molecule has 4 rings (SSSR count). The molecule has 1 N–H and O–H groups in total. The fourth-order valence-electron chi connectivity index (χ4n) is 3.88. The normalized spacial score (nSPS) is 15.8. The van der Waals surface area contributed by atoms with Crippen LogP contribution in [0.3, 0.4) is 0 Å². The minimum atomic E-state index is -0.621. The minimum Gasteiger partial charge on any atom is -0.311 e. The third-order valence-electron chi connectivity index (χ3n) is 5.46. The molecule has 0 saturated carbocycles. The van der Waals surface area contributed by atoms with Crippen LogP contribution in [0.25, 0.3) is 0 Å². The van der Waals surface area contributed by atoms with Crippen LogP contribution in [0.2, 0.25) is 0 Å². The van der Waals surface area contributed by atoms with Crippen molar-refractivity contribution in [2.24, 2.45) is 0 Å². The fourth-order valence-corrected chi connectivity index (χ4v) is 4.71. The van der Waals surface area contributed by atoms with Crippen molar-refractivity contribution >= 4 is 39.7 Å². The maximum absolute atomic E-state index is 12.7. The van der Waals surface area contributed by atoms with E-state index >= 15 is 0 Å². The van der Waals surface area contributed by atoms with Crippen molar-refractivity contribution in [3.05, 3.63) is 74.3 Å². The Labute approximate surface area is 188 Å². The predicted octanol–water partition coefficient (Wildman–Crippen LogP) is 4.09. The van der Waals surface area contributed by atoms with E-state index in [9.17, 15) is 19.7 Å². The van der Waals surface area contributed by atoms with Gasteiger partial charge >= 0.3 is 0 Å². The van der Waals surface area contributed by atoms with E-state index < -0.39 is 10.8 Å². The molecule has 0 radical (unpaired) electrons. The van der Waals surface area contributed by atoms with Gasteiger partial charge in [-0.05, 0) is 31.0 Å². The molecule has 1 atom stereocenters. The van der Waals surface area contributed by atoms with Crippen molar-refractivity contribution in [1.82, 2.24) is 10.2 Å². The Hall–Kier alpha value is -3.66. The summed E-state index contributed by atoms with van der Waals surface area (Å²) in [7, 11) is 0. The second kappa shape index (κ2) is 8.83. The number of nitrogens with one attached hydrogen (secondary N) is 1. The monoisotopic (exact) mass is 451 g/mol. The summed E-state index contributed by atoms with van der Waals surface area (Å²) in [6.45, 7) is 4.12. The molecule has 32 heavy (non-hydrogen) atoms. The molecule has 2 amide bonds. The van der Waals surface area contributed by atoms with Gasteiger partial charge in [0.2, 0.25) is 11.0 Å². The van der Waals surface area contributed by atoms with Gasteiger partial charge in [-0.25, -0.2) is 0 Å². The lowest BCUT2D eigenvalue weighted by molar-refractivity contribution is -0.385. The highest BCUT2D eigenvalue weighted by Gasteiger charge is 2.35. The highest BCUT2D eigenvalue weighted by atomic mass is 32.1. The van der Waals surface area contributed by atoms with Crippen molar-refractivity contribution in [1.29, 1.82) is 0 Å². The smallest absolute Gasteiger partial charge is 0.285 e. The average molecular weight is 452 g/mol. The standard InChI is InChI=1S/C22H21N5O4S/c1-3-14-8-4-5-10-17(14)26-12-15(11-18(26)28)21-24-25-22(32-21)23-20(29)16-9-6-7-13(2)19(16)27(30)31/h4-10,15H,3,11-12H2,1-2H3,(H,23,25,29). The predicted molar refractivity (Wildman–Crippen MR) is 121 cm³/mol. The fraction of sp³-hybridized carbons (Fsp3) is 0.273. The van der Waals surface area contributed by atoms with E-state index in [0.29, 0.717) is 23.5 Å². The molecule has 9 nitrogen and oxygen atoms in total. The van der Waals surface area contributed by atoms with Crippen LogP contribution in [0, 0.1) is 17.0 Å². The van der Waals surface area contributed by atoms with E-state index in [1.54, 1.807) is 24.0 Å². The van der Waals surface area contributed by atoms with Crippen molar-refractivity contribution in [3.63, 3.8) is 0 Å². The van der Waals surface area contributed by atoms with Crippen LogP contribution >= 0.6 is 11.3 Å². The molecular formula is C22H21N5O4S. The van der Waals surface area contributed by atoms with Crippen molar-refractivity contribution in [2.45, 2.75) is 32.6 Å². The summed E-state index contributed by atoms with van der Waals surface area (Å²) < 4.78 is 0. The van der Waals surface area contributed by atoms with Crippen LogP contribution in [0.15, 0.2) is 42.5 Å². The zero-order chi connectivity index (χ0) is 22.8. The first-order valence-electron chi connectivity index (χ1n) is 10.2. The lowest BCUT2D eigenvalue weighted by atomic mass is 10.1. The Morgan fingerprint density at radius 1 is 1.25 bits per heavy atom. The summed E-state index contributed by atoms with van der Waals surface area (Å²) in [5.74, 6) is -0.736. The third kappa shape index (κ3) is 4.09. The summed E-state index contributed by atoms with van der Waals surface area (Å²) in [6, 6.07) is 12.4. The number of carbonyl (C=O) groups is 2. The van der Waals surface area contributed by atoms with Gasteiger partial charge in [-0.1, -0.05) is 48.6 Å². The Morgan fingerprint density at radius 2 is 2.03 bits per heavy atom. The van der Waals surface area contributed by atoms with Gasteiger partial charge in [0, 0.05) is 30.1 Å². The summed E-state index contributed by atoms with van der Waals surface area (Å²) in [5, 5.41) is 23.0. The molecule has 1 aliphatic heterocycles. The topological polar surface area (TPSA) is 118 Å². The Kier molecular flexibility index (Phi) is 5.95. The van der Waals surface area contributed by atoms with Gasteiger partial charge in [0.25, 0.3) is 11.6 Å². The van der Waals surface area contributed by atoms with Gasteiger partial charge in [-0.15, -0.1) is 10.2 Å². The molecule has 1 aromatic heterocycles.